The van der Waals surface area contributed by atoms with Crippen molar-refractivity contribution in [2.45, 2.75) is 52.4 Å². The number of hydrogen-bond donors (Lipinski definition) is 1. The SMILES string of the molecule is CCCCCC(CCC)COCCOCCOCCOCCOCCOC(=O)c1ccc(O)cc1. The van der Waals surface area contributed by atoms with Crippen LogP contribution in [0.3, 0.4) is 0 Å². The molecule has 1 atom stereocenters. The Balaban J connectivity index is 1.80. The summed E-state index contributed by atoms with van der Waals surface area (Å²) in [6.07, 6.45) is 7.59. The summed E-state index contributed by atoms with van der Waals surface area (Å²) in [5.74, 6) is 0.333. The highest BCUT2D eigenvalue weighted by Gasteiger charge is 2.08. The minimum atomic E-state index is -0.447. The number of benzene rings is 1. The standard InChI is InChI=1S/C27H46O8/c1-3-5-6-8-24(7-4-2)23-34-20-19-32-16-15-30-13-14-31-17-18-33-21-22-35-27(29)25-9-11-26(28)12-10-25/h9-12,24,28H,3-8,13-23H2,1-2H3. The van der Waals surface area contributed by atoms with E-state index in [-0.39, 0.29) is 12.4 Å². The Kier molecular flexibility index (Phi) is 20.3. The number of ether oxygens (including phenoxy) is 6. The molecule has 1 aromatic rings. The highest BCUT2D eigenvalue weighted by molar-refractivity contribution is 5.89. The molecule has 0 aliphatic carbocycles. The first-order valence-corrected chi connectivity index (χ1v) is 13.0. The molecule has 0 fully saturated rings. The molecule has 8 heteroatoms. The van der Waals surface area contributed by atoms with Gasteiger partial charge in [-0.25, -0.2) is 4.79 Å². The molecule has 1 N–H and O–H groups in total. The van der Waals surface area contributed by atoms with E-state index < -0.39 is 5.97 Å². The summed E-state index contributed by atoms with van der Waals surface area (Å²) in [5.41, 5.74) is 0.388. The smallest absolute Gasteiger partial charge is 0.338 e. The number of carbonyl (C=O) groups excluding carboxylic acids is 1. The van der Waals surface area contributed by atoms with Crippen molar-refractivity contribution in [3.63, 3.8) is 0 Å². The van der Waals surface area contributed by atoms with Crippen LogP contribution in [0.2, 0.25) is 0 Å². The van der Waals surface area contributed by atoms with E-state index in [4.69, 9.17) is 28.4 Å². The van der Waals surface area contributed by atoms with Gasteiger partial charge in [-0.05, 0) is 43.0 Å². The van der Waals surface area contributed by atoms with Crippen molar-refractivity contribution < 1.29 is 38.3 Å². The second-order valence-corrected chi connectivity index (χ2v) is 8.36. The van der Waals surface area contributed by atoms with Crippen LogP contribution in [0.25, 0.3) is 0 Å². The fourth-order valence-corrected chi connectivity index (χ4v) is 3.41. The zero-order valence-electron chi connectivity index (χ0n) is 21.7. The van der Waals surface area contributed by atoms with Gasteiger partial charge in [-0.15, -0.1) is 0 Å². The minimum absolute atomic E-state index is 0.105. The van der Waals surface area contributed by atoms with E-state index in [0.717, 1.165) is 6.61 Å². The Morgan fingerprint density at radius 2 is 1.20 bits per heavy atom. The number of hydrogen-bond acceptors (Lipinski definition) is 8. The molecule has 1 rings (SSSR count). The van der Waals surface area contributed by atoms with Gasteiger partial charge in [0, 0.05) is 6.61 Å². The fraction of sp³-hybridized carbons (Fsp3) is 0.741. The molecule has 0 aromatic heterocycles. The van der Waals surface area contributed by atoms with Gasteiger partial charge < -0.3 is 33.5 Å². The normalized spacial score (nSPS) is 12.1. The number of rotatable bonds is 24. The number of phenolic OH excluding ortho intramolecular Hbond substituents is 1. The molecule has 0 saturated heterocycles. The maximum atomic E-state index is 11.8. The molecule has 8 nitrogen and oxygen atoms in total. The van der Waals surface area contributed by atoms with Crippen LogP contribution in [0, 0.1) is 5.92 Å². The summed E-state index contributed by atoms with van der Waals surface area (Å²) in [6, 6.07) is 5.90. The summed E-state index contributed by atoms with van der Waals surface area (Å²) in [4.78, 5) is 11.8. The maximum Gasteiger partial charge on any atom is 0.338 e. The molecule has 0 aliphatic heterocycles. The number of unbranched alkanes of at least 4 members (excludes halogenated alkanes) is 2. The topological polar surface area (TPSA) is 92.7 Å². The van der Waals surface area contributed by atoms with E-state index in [1.165, 1.54) is 62.8 Å². The molecule has 0 amide bonds. The molecular weight excluding hydrogens is 452 g/mol. The van der Waals surface area contributed by atoms with E-state index in [1.54, 1.807) is 0 Å². The third-order valence-electron chi connectivity index (χ3n) is 5.32. The minimum Gasteiger partial charge on any atom is -0.508 e. The first kappa shape index (κ1) is 31.3. The van der Waals surface area contributed by atoms with Gasteiger partial charge in [-0.3, -0.25) is 0 Å². The second kappa shape index (κ2) is 22.7. The Morgan fingerprint density at radius 1 is 0.686 bits per heavy atom. The molecule has 35 heavy (non-hydrogen) atoms. The van der Waals surface area contributed by atoms with Crippen LogP contribution in [0.15, 0.2) is 24.3 Å². The lowest BCUT2D eigenvalue weighted by Gasteiger charge is -2.16. The quantitative estimate of drug-likeness (QED) is 0.163. The van der Waals surface area contributed by atoms with Crippen LogP contribution in [0.4, 0.5) is 0 Å². The van der Waals surface area contributed by atoms with Crippen molar-refractivity contribution in [3.05, 3.63) is 29.8 Å². The Bertz CT molecular complexity index is 608. The lowest BCUT2D eigenvalue weighted by molar-refractivity contribution is -0.0174. The second-order valence-electron chi connectivity index (χ2n) is 8.36. The summed E-state index contributed by atoms with van der Waals surface area (Å²) < 4.78 is 32.7. The van der Waals surface area contributed by atoms with Gasteiger partial charge in [0.25, 0.3) is 0 Å². The zero-order chi connectivity index (χ0) is 25.4. The Labute approximate surface area is 211 Å². The molecule has 0 radical (unpaired) electrons. The zero-order valence-corrected chi connectivity index (χ0v) is 21.7. The highest BCUT2D eigenvalue weighted by atomic mass is 16.6. The molecule has 1 unspecified atom stereocenters. The van der Waals surface area contributed by atoms with Gasteiger partial charge in [0.15, 0.2) is 0 Å². The van der Waals surface area contributed by atoms with Crippen molar-refractivity contribution in [1.29, 1.82) is 0 Å². The van der Waals surface area contributed by atoms with E-state index in [1.807, 2.05) is 0 Å². The number of phenols is 1. The van der Waals surface area contributed by atoms with Gasteiger partial charge in [-0.1, -0.05) is 39.5 Å². The third-order valence-corrected chi connectivity index (χ3v) is 5.32. The van der Waals surface area contributed by atoms with Crippen LogP contribution in [0.5, 0.6) is 5.75 Å². The van der Waals surface area contributed by atoms with Crippen LogP contribution in [-0.4, -0.2) is 83.8 Å². The molecule has 0 bridgehead atoms. The fourth-order valence-electron chi connectivity index (χ4n) is 3.41. The van der Waals surface area contributed by atoms with E-state index in [2.05, 4.69) is 13.8 Å². The van der Waals surface area contributed by atoms with Crippen LogP contribution in [-0.2, 0) is 28.4 Å². The van der Waals surface area contributed by atoms with Gasteiger partial charge in [0.2, 0.25) is 0 Å². The first-order valence-electron chi connectivity index (χ1n) is 13.0. The Hall–Kier alpha value is -1.71. The van der Waals surface area contributed by atoms with Crippen molar-refractivity contribution in [3.8, 4) is 5.75 Å². The summed E-state index contributed by atoms with van der Waals surface area (Å²) in [7, 11) is 0. The monoisotopic (exact) mass is 498 g/mol. The summed E-state index contributed by atoms with van der Waals surface area (Å²) >= 11 is 0. The average molecular weight is 499 g/mol. The van der Waals surface area contributed by atoms with Crippen molar-refractivity contribution in [1.82, 2.24) is 0 Å². The first-order chi connectivity index (χ1) is 17.2. The maximum absolute atomic E-state index is 11.8. The molecule has 0 spiro atoms. The van der Waals surface area contributed by atoms with Crippen LogP contribution >= 0.6 is 0 Å². The van der Waals surface area contributed by atoms with Crippen molar-refractivity contribution in [2.75, 3.05) is 72.7 Å². The van der Waals surface area contributed by atoms with Gasteiger partial charge in [0.1, 0.15) is 12.4 Å². The van der Waals surface area contributed by atoms with E-state index >= 15 is 0 Å². The van der Waals surface area contributed by atoms with Crippen molar-refractivity contribution >= 4 is 5.97 Å². The summed E-state index contributed by atoms with van der Waals surface area (Å²) in [6.45, 7) is 9.91. The van der Waals surface area contributed by atoms with Gasteiger partial charge in [-0.2, -0.15) is 0 Å². The predicted octanol–water partition coefficient (Wildman–Crippen LogP) is 4.63. The third kappa shape index (κ3) is 18.3. The molecule has 0 saturated carbocycles. The number of esters is 1. The van der Waals surface area contributed by atoms with E-state index in [9.17, 15) is 9.90 Å². The molecule has 0 aliphatic rings. The predicted molar refractivity (Wildman–Crippen MR) is 135 cm³/mol. The number of aromatic hydroxyl groups is 1. The molecule has 0 heterocycles. The van der Waals surface area contributed by atoms with Crippen LogP contribution in [0.1, 0.15) is 62.7 Å². The summed E-state index contributed by atoms with van der Waals surface area (Å²) in [5, 5.41) is 9.21. The molecular formula is C27H46O8. The van der Waals surface area contributed by atoms with E-state index in [0.29, 0.717) is 70.9 Å². The molecule has 1 aromatic carbocycles. The molecule has 202 valence electrons. The Morgan fingerprint density at radius 3 is 1.71 bits per heavy atom. The lowest BCUT2D eigenvalue weighted by atomic mass is 9.97. The van der Waals surface area contributed by atoms with Gasteiger partial charge in [0.05, 0.1) is 65.0 Å². The highest BCUT2D eigenvalue weighted by Crippen LogP contribution is 2.16. The lowest BCUT2D eigenvalue weighted by Crippen LogP contribution is -2.16. The van der Waals surface area contributed by atoms with Gasteiger partial charge >= 0.3 is 5.97 Å². The van der Waals surface area contributed by atoms with Crippen LogP contribution < -0.4 is 0 Å². The average Bonchev–Trinajstić information content (AvgIpc) is 2.86. The largest absolute Gasteiger partial charge is 0.508 e. The van der Waals surface area contributed by atoms with Crippen molar-refractivity contribution in [2.24, 2.45) is 5.92 Å². The number of carbonyl (C=O) groups is 1.